The smallest absolute Gasteiger partial charge is 0.271 e. The minimum absolute atomic E-state index is 0.0560. The number of benzene rings is 2. The summed E-state index contributed by atoms with van der Waals surface area (Å²) in [5.41, 5.74) is 1.01. The van der Waals surface area contributed by atoms with Crippen molar-refractivity contribution in [3.8, 4) is 0 Å². The van der Waals surface area contributed by atoms with Crippen LogP contribution in [-0.2, 0) is 4.79 Å². The summed E-state index contributed by atoms with van der Waals surface area (Å²) in [5.74, 6) is -0.676. The van der Waals surface area contributed by atoms with Gasteiger partial charge in [-0.15, -0.1) is 0 Å². The molecule has 0 spiro atoms. The van der Waals surface area contributed by atoms with E-state index in [2.05, 4.69) is 5.32 Å². The number of nitrogens with zero attached hydrogens (tertiary/aromatic N) is 1. The molecule has 3 rings (SSSR count). The summed E-state index contributed by atoms with van der Waals surface area (Å²) in [7, 11) is 0. The lowest BCUT2D eigenvalue weighted by molar-refractivity contribution is -0.128. The first kappa shape index (κ1) is 19.5. The van der Waals surface area contributed by atoms with Gasteiger partial charge in [-0.05, 0) is 37.5 Å². The lowest BCUT2D eigenvalue weighted by Crippen LogP contribution is -2.41. The summed E-state index contributed by atoms with van der Waals surface area (Å²) in [4.78, 5) is 27.5. The van der Waals surface area contributed by atoms with E-state index in [0.717, 1.165) is 19.3 Å². The third-order valence-corrected chi connectivity index (χ3v) is 5.18. The van der Waals surface area contributed by atoms with E-state index >= 15 is 0 Å². The van der Waals surface area contributed by atoms with Gasteiger partial charge in [0.05, 0.1) is 5.03 Å². The zero-order chi connectivity index (χ0) is 19.2. The fourth-order valence-corrected chi connectivity index (χ4v) is 3.58. The maximum absolute atomic E-state index is 13.1. The molecule has 2 aromatic rings. The van der Waals surface area contributed by atoms with Crippen molar-refractivity contribution in [2.24, 2.45) is 0 Å². The van der Waals surface area contributed by atoms with Gasteiger partial charge in [0.2, 0.25) is 0 Å². The van der Waals surface area contributed by atoms with Crippen LogP contribution in [0, 0.1) is 0 Å². The van der Waals surface area contributed by atoms with E-state index in [9.17, 15) is 9.59 Å². The van der Waals surface area contributed by atoms with Gasteiger partial charge in [-0.1, -0.05) is 59.6 Å². The molecule has 1 fully saturated rings. The van der Waals surface area contributed by atoms with Crippen LogP contribution in [0.25, 0.3) is 5.03 Å². The Morgan fingerprint density at radius 3 is 2.19 bits per heavy atom. The van der Waals surface area contributed by atoms with Gasteiger partial charge in [0.15, 0.2) is 0 Å². The van der Waals surface area contributed by atoms with Crippen molar-refractivity contribution in [2.45, 2.75) is 19.3 Å². The average molecular weight is 403 g/mol. The molecule has 6 heteroatoms. The third-order valence-electron chi connectivity index (χ3n) is 4.46. The predicted octanol–water partition coefficient (Wildman–Crippen LogP) is 4.69. The normalized spacial score (nSPS) is 15.1. The number of carbonyl (C=O) groups excluding carboxylic acids is 2. The molecule has 1 heterocycles. The Morgan fingerprint density at radius 2 is 1.52 bits per heavy atom. The molecule has 0 aromatic heterocycles. The molecule has 140 valence electrons. The molecule has 1 N–H and O–H groups in total. The van der Waals surface area contributed by atoms with Crippen molar-refractivity contribution in [3.63, 3.8) is 0 Å². The Labute approximate surface area is 168 Å². The van der Waals surface area contributed by atoms with Gasteiger partial charge in [0, 0.05) is 29.2 Å². The molecule has 27 heavy (non-hydrogen) atoms. The molecular weight excluding hydrogens is 383 g/mol. The molecule has 1 saturated heterocycles. The molecule has 1 aliphatic rings. The number of rotatable bonds is 4. The van der Waals surface area contributed by atoms with E-state index in [1.807, 2.05) is 6.07 Å². The average Bonchev–Trinajstić information content (AvgIpc) is 2.72. The van der Waals surface area contributed by atoms with Crippen LogP contribution in [0.2, 0.25) is 5.02 Å². The minimum Gasteiger partial charge on any atom is -0.337 e. The van der Waals surface area contributed by atoms with Crippen molar-refractivity contribution >= 4 is 40.0 Å². The van der Waals surface area contributed by atoms with E-state index in [1.165, 1.54) is 0 Å². The number of halogens is 2. The molecule has 0 atom stereocenters. The first-order valence-electron chi connectivity index (χ1n) is 8.88. The van der Waals surface area contributed by atoms with Gasteiger partial charge in [-0.25, -0.2) is 0 Å². The number of nitrogens with one attached hydrogen (secondary N) is 1. The lowest BCUT2D eigenvalue weighted by Gasteiger charge is -2.28. The molecule has 0 unspecified atom stereocenters. The van der Waals surface area contributed by atoms with E-state index < -0.39 is 0 Å². The Bertz CT molecular complexity index is 859. The maximum Gasteiger partial charge on any atom is 0.271 e. The zero-order valence-corrected chi connectivity index (χ0v) is 16.3. The molecule has 0 aliphatic carbocycles. The minimum atomic E-state index is -0.388. The van der Waals surface area contributed by atoms with Gasteiger partial charge in [0.1, 0.15) is 5.70 Å². The topological polar surface area (TPSA) is 49.4 Å². The second-order valence-electron chi connectivity index (χ2n) is 6.34. The fraction of sp³-hybridized carbons (Fsp3) is 0.238. The van der Waals surface area contributed by atoms with Crippen LogP contribution in [-0.4, -0.2) is 29.8 Å². The fourth-order valence-electron chi connectivity index (χ4n) is 3.01. The van der Waals surface area contributed by atoms with Crippen LogP contribution in [0.15, 0.2) is 60.3 Å². The number of amides is 2. The number of likely N-dealkylation sites (tertiary alicyclic amines) is 1. The van der Waals surface area contributed by atoms with Crippen LogP contribution in [0.1, 0.15) is 35.2 Å². The van der Waals surface area contributed by atoms with Crippen LogP contribution in [0.5, 0.6) is 0 Å². The number of piperidine rings is 1. The standard InChI is InChI=1S/C21H20Cl2N2O2/c22-17-12-6-5-11-16(17)18(23)19(21(27)25-13-7-2-8-14-25)24-20(26)15-9-3-1-4-10-15/h1,3-6,9-12H,2,7-8,13-14H2,(H,24,26)/b19-18-. The van der Waals surface area contributed by atoms with E-state index in [0.29, 0.717) is 29.2 Å². The summed E-state index contributed by atoms with van der Waals surface area (Å²) in [5, 5.41) is 3.27. The molecule has 4 nitrogen and oxygen atoms in total. The van der Waals surface area contributed by atoms with Crippen molar-refractivity contribution in [2.75, 3.05) is 13.1 Å². The van der Waals surface area contributed by atoms with Crippen LogP contribution in [0.4, 0.5) is 0 Å². The van der Waals surface area contributed by atoms with Crippen LogP contribution < -0.4 is 5.32 Å². The SMILES string of the molecule is O=C(N/C(C(=O)N1CCCCC1)=C(\Cl)c1ccccc1Cl)c1ccccc1. The van der Waals surface area contributed by atoms with Gasteiger partial charge in [-0.3, -0.25) is 9.59 Å². The number of carbonyl (C=O) groups is 2. The highest BCUT2D eigenvalue weighted by Crippen LogP contribution is 2.30. The van der Waals surface area contributed by atoms with Gasteiger partial charge in [-0.2, -0.15) is 0 Å². The first-order chi connectivity index (χ1) is 13.1. The second-order valence-corrected chi connectivity index (χ2v) is 7.13. The molecule has 2 amide bonds. The molecule has 0 saturated carbocycles. The van der Waals surface area contributed by atoms with E-state index in [-0.39, 0.29) is 22.5 Å². The summed E-state index contributed by atoms with van der Waals surface area (Å²) in [6.45, 7) is 1.30. The first-order valence-corrected chi connectivity index (χ1v) is 9.64. The van der Waals surface area contributed by atoms with Crippen molar-refractivity contribution in [1.29, 1.82) is 0 Å². The number of hydrogen-bond donors (Lipinski definition) is 1. The van der Waals surface area contributed by atoms with Gasteiger partial charge in [0.25, 0.3) is 11.8 Å². The molecular formula is C21H20Cl2N2O2. The Kier molecular flexibility index (Phi) is 6.54. The monoisotopic (exact) mass is 402 g/mol. The third kappa shape index (κ3) is 4.71. The summed E-state index contributed by atoms with van der Waals surface area (Å²) < 4.78 is 0. The van der Waals surface area contributed by atoms with Crippen molar-refractivity contribution in [3.05, 3.63) is 76.4 Å². The van der Waals surface area contributed by atoms with Crippen molar-refractivity contribution < 1.29 is 9.59 Å². The highest BCUT2D eigenvalue weighted by molar-refractivity contribution is 6.52. The van der Waals surface area contributed by atoms with Gasteiger partial charge < -0.3 is 10.2 Å². The Hall–Kier alpha value is -2.30. The van der Waals surface area contributed by atoms with Crippen LogP contribution >= 0.6 is 23.2 Å². The Balaban J connectivity index is 1.98. The molecule has 0 bridgehead atoms. The molecule has 1 aliphatic heterocycles. The van der Waals surface area contributed by atoms with Crippen LogP contribution in [0.3, 0.4) is 0 Å². The summed E-state index contributed by atoms with van der Waals surface area (Å²) in [6.07, 6.45) is 2.97. The van der Waals surface area contributed by atoms with Gasteiger partial charge >= 0.3 is 0 Å². The largest absolute Gasteiger partial charge is 0.337 e. The van der Waals surface area contributed by atoms with E-state index in [4.69, 9.17) is 23.2 Å². The Morgan fingerprint density at radius 1 is 0.889 bits per heavy atom. The van der Waals surface area contributed by atoms with E-state index in [1.54, 1.807) is 53.4 Å². The second kappa shape index (κ2) is 9.07. The van der Waals surface area contributed by atoms with Crippen molar-refractivity contribution in [1.82, 2.24) is 10.2 Å². The predicted molar refractivity (Wildman–Crippen MR) is 109 cm³/mol. The lowest BCUT2D eigenvalue weighted by atomic mass is 10.1. The number of hydrogen-bond acceptors (Lipinski definition) is 2. The quantitative estimate of drug-likeness (QED) is 0.753. The molecule has 2 aromatic carbocycles. The molecule has 0 radical (unpaired) electrons. The zero-order valence-electron chi connectivity index (χ0n) is 14.8. The highest BCUT2D eigenvalue weighted by Gasteiger charge is 2.26. The summed E-state index contributed by atoms with van der Waals surface area (Å²) >= 11 is 12.8. The maximum atomic E-state index is 13.1. The highest BCUT2D eigenvalue weighted by atomic mass is 35.5. The summed E-state index contributed by atoms with van der Waals surface area (Å²) in [6, 6.07) is 15.7.